The minimum atomic E-state index is -0.466. The normalized spacial score (nSPS) is 19.8. The Morgan fingerprint density at radius 3 is 2.26 bits per heavy atom. The first-order chi connectivity index (χ1) is 17.0. The van der Waals surface area contributed by atoms with E-state index in [1.807, 2.05) is 79.7 Å². The van der Waals surface area contributed by atoms with Crippen molar-refractivity contribution in [3.8, 4) is 0 Å². The van der Waals surface area contributed by atoms with Crippen molar-refractivity contribution in [2.45, 2.75) is 38.2 Å². The zero-order valence-corrected chi connectivity index (χ0v) is 21.0. The summed E-state index contributed by atoms with van der Waals surface area (Å²) in [6.45, 7) is 2.07. The molecule has 0 amide bonds. The van der Waals surface area contributed by atoms with Gasteiger partial charge < -0.3 is 10.1 Å². The van der Waals surface area contributed by atoms with Crippen LogP contribution in [0.1, 0.15) is 48.3 Å². The van der Waals surface area contributed by atoms with E-state index in [-0.39, 0.29) is 18.3 Å². The predicted molar refractivity (Wildman–Crippen MR) is 139 cm³/mol. The average molecular weight is 528 g/mol. The number of halogens is 1. The number of benzene rings is 3. The third-order valence-corrected chi connectivity index (χ3v) is 7.26. The number of dihydropyridines is 1. The van der Waals surface area contributed by atoms with E-state index in [4.69, 9.17) is 4.74 Å². The number of hydrogen-bond donors (Lipinski definition) is 1. The van der Waals surface area contributed by atoms with Crippen LogP contribution < -0.4 is 5.32 Å². The number of allylic oxidation sites excluding steroid dienone is 3. The molecule has 3 aromatic rings. The molecule has 0 bridgehead atoms. The number of carbonyl (C=O) groups is 2. The standard InChI is InChI=1S/C30H26BrNO3/c1-19-27(30(34)35-18-20-8-4-2-5-9-20)28(22-12-14-24(31)15-13-22)29-25(32-19)16-23(17-26(29)33)21-10-6-3-7-11-21/h2-15,23,28,32H,16-18H2,1H3/t23-,28+/m1/s1. The molecule has 5 rings (SSSR count). The topological polar surface area (TPSA) is 55.4 Å². The van der Waals surface area contributed by atoms with Crippen LogP contribution in [0.25, 0.3) is 0 Å². The lowest BCUT2D eigenvalue weighted by Crippen LogP contribution is -2.36. The summed E-state index contributed by atoms with van der Waals surface area (Å²) in [7, 11) is 0. The van der Waals surface area contributed by atoms with Gasteiger partial charge in [0.25, 0.3) is 0 Å². The molecule has 0 aromatic heterocycles. The Hall–Kier alpha value is -3.44. The fourth-order valence-electron chi connectivity index (χ4n) is 5.06. The minimum absolute atomic E-state index is 0.0707. The summed E-state index contributed by atoms with van der Waals surface area (Å²) >= 11 is 3.50. The Kier molecular flexibility index (Phi) is 6.69. The quantitative estimate of drug-likeness (QED) is 0.382. The van der Waals surface area contributed by atoms with E-state index in [0.29, 0.717) is 17.6 Å². The lowest BCUT2D eigenvalue weighted by atomic mass is 9.72. The molecule has 2 aliphatic rings. The third kappa shape index (κ3) is 4.87. The molecule has 0 saturated carbocycles. The van der Waals surface area contributed by atoms with Crippen LogP contribution in [0.5, 0.6) is 0 Å². The van der Waals surface area contributed by atoms with E-state index >= 15 is 0 Å². The first-order valence-electron chi connectivity index (χ1n) is 11.8. The van der Waals surface area contributed by atoms with Crippen LogP contribution in [0.2, 0.25) is 0 Å². The average Bonchev–Trinajstić information content (AvgIpc) is 2.88. The van der Waals surface area contributed by atoms with E-state index < -0.39 is 11.9 Å². The van der Waals surface area contributed by atoms with Crippen LogP contribution in [0.4, 0.5) is 0 Å². The van der Waals surface area contributed by atoms with Crippen molar-refractivity contribution in [2.75, 3.05) is 0 Å². The fraction of sp³-hybridized carbons (Fsp3) is 0.200. The van der Waals surface area contributed by atoms with Gasteiger partial charge in [-0.15, -0.1) is 0 Å². The first-order valence-corrected chi connectivity index (χ1v) is 12.6. The van der Waals surface area contributed by atoms with Crippen LogP contribution in [0.3, 0.4) is 0 Å². The van der Waals surface area contributed by atoms with Crippen molar-refractivity contribution in [2.24, 2.45) is 0 Å². The van der Waals surface area contributed by atoms with Crippen molar-refractivity contribution >= 4 is 27.7 Å². The molecule has 0 radical (unpaired) electrons. The van der Waals surface area contributed by atoms with E-state index in [1.54, 1.807) is 0 Å². The molecular formula is C30H26BrNO3. The van der Waals surface area contributed by atoms with Crippen LogP contribution >= 0.6 is 15.9 Å². The predicted octanol–water partition coefficient (Wildman–Crippen LogP) is 6.55. The smallest absolute Gasteiger partial charge is 0.337 e. The molecule has 1 heterocycles. The lowest BCUT2D eigenvalue weighted by molar-refractivity contribution is -0.140. The maximum atomic E-state index is 13.6. The second-order valence-corrected chi connectivity index (χ2v) is 9.96. The molecule has 0 fully saturated rings. The Morgan fingerprint density at radius 2 is 1.57 bits per heavy atom. The molecule has 35 heavy (non-hydrogen) atoms. The summed E-state index contributed by atoms with van der Waals surface area (Å²) in [4.78, 5) is 27.1. The highest BCUT2D eigenvalue weighted by Crippen LogP contribution is 2.45. The van der Waals surface area contributed by atoms with Crippen molar-refractivity contribution in [1.82, 2.24) is 5.32 Å². The largest absolute Gasteiger partial charge is 0.457 e. The number of ketones is 1. The van der Waals surface area contributed by atoms with Crippen LogP contribution in [-0.4, -0.2) is 11.8 Å². The summed E-state index contributed by atoms with van der Waals surface area (Å²) < 4.78 is 6.68. The number of Topliss-reactive ketones (excluding diaryl/α,β-unsaturated/α-hetero) is 1. The van der Waals surface area contributed by atoms with E-state index in [1.165, 1.54) is 0 Å². The zero-order valence-electron chi connectivity index (χ0n) is 19.5. The maximum Gasteiger partial charge on any atom is 0.337 e. The molecule has 1 aliphatic carbocycles. The number of carbonyl (C=O) groups excluding carboxylic acids is 2. The summed E-state index contributed by atoms with van der Waals surface area (Å²) in [6, 6.07) is 27.6. The van der Waals surface area contributed by atoms with Gasteiger partial charge in [-0.3, -0.25) is 4.79 Å². The van der Waals surface area contributed by atoms with Gasteiger partial charge in [0.15, 0.2) is 5.78 Å². The highest BCUT2D eigenvalue weighted by atomic mass is 79.9. The van der Waals surface area contributed by atoms with Gasteiger partial charge in [-0.05, 0) is 48.1 Å². The fourth-order valence-corrected chi connectivity index (χ4v) is 5.32. The molecule has 0 unspecified atom stereocenters. The summed E-state index contributed by atoms with van der Waals surface area (Å²) in [5.41, 5.74) is 5.79. The molecule has 3 aromatic carbocycles. The SMILES string of the molecule is CC1=C(C(=O)OCc2ccccc2)[C@H](c2ccc(Br)cc2)C2=C(C[C@@H](c3ccccc3)CC2=O)N1. The van der Waals surface area contributed by atoms with Crippen molar-refractivity contribution in [3.63, 3.8) is 0 Å². The molecule has 4 nitrogen and oxygen atoms in total. The number of esters is 1. The molecular weight excluding hydrogens is 502 g/mol. The van der Waals surface area contributed by atoms with Gasteiger partial charge in [-0.1, -0.05) is 88.7 Å². The lowest BCUT2D eigenvalue weighted by Gasteiger charge is -2.36. The van der Waals surface area contributed by atoms with E-state index in [2.05, 4.69) is 33.4 Å². The van der Waals surface area contributed by atoms with E-state index in [0.717, 1.165) is 39.0 Å². The molecule has 1 N–H and O–H groups in total. The molecule has 0 saturated heterocycles. The summed E-state index contributed by atoms with van der Waals surface area (Å²) in [5.74, 6) is -0.690. The zero-order chi connectivity index (χ0) is 24.4. The van der Waals surface area contributed by atoms with Gasteiger partial charge in [-0.2, -0.15) is 0 Å². The van der Waals surface area contributed by atoms with Gasteiger partial charge >= 0.3 is 5.97 Å². The molecule has 0 spiro atoms. The first kappa shape index (κ1) is 23.3. The van der Waals surface area contributed by atoms with Crippen LogP contribution in [-0.2, 0) is 20.9 Å². The molecule has 5 heteroatoms. The Bertz CT molecular complexity index is 1310. The van der Waals surface area contributed by atoms with Crippen molar-refractivity contribution in [3.05, 3.63) is 129 Å². The number of ether oxygens (including phenoxy) is 1. The van der Waals surface area contributed by atoms with Gasteiger partial charge in [0.1, 0.15) is 6.61 Å². The van der Waals surface area contributed by atoms with Gasteiger partial charge in [0.2, 0.25) is 0 Å². The van der Waals surface area contributed by atoms with Crippen LogP contribution in [0, 0.1) is 0 Å². The van der Waals surface area contributed by atoms with Gasteiger partial charge in [-0.25, -0.2) is 4.79 Å². The van der Waals surface area contributed by atoms with Crippen molar-refractivity contribution in [1.29, 1.82) is 0 Å². The van der Waals surface area contributed by atoms with E-state index in [9.17, 15) is 9.59 Å². The molecule has 1 aliphatic heterocycles. The van der Waals surface area contributed by atoms with Gasteiger partial charge in [0.05, 0.1) is 5.57 Å². The highest BCUT2D eigenvalue weighted by molar-refractivity contribution is 9.10. The summed E-state index contributed by atoms with van der Waals surface area (Å²) in [5, 5.41) is 3.42. The monoisotopic (exact) mass is 527 g/mol. The Labute approximate surface area is 213 Å². The number of nitrogens with one attached hydrogen (secondary N) is 1. The second kappa shape index (κ2) is 10.0. The van der Waals surface area contributed by atoms with Gasteiger partial charge in [0, 0.05) is 33.8 Å². The minimum Gasteiger partial charge on any atom is -0.457 e. The summed E-state index contributed by atoms with van der Waals surface area (Å²) in [6.07, 6.45) is 1.14. The number of rotatable bonds is 5. The third-order valence-electron chi connectivity index (χ3n) is 6.73. The van der Waals surface area contributed by atoms with Crippen molar-refractivity contribution < 1.29 is 14.3 Å². The Balaban J connectivity index is 1.51. The highest BCUT2D eigenvalue weighted by Gasteiger charge is 2.41. The molecule has 176 valence electrons. The second-order valence-electron chi connectivity index (χ2n) is 9.04. The molecule has 2 atom stereocenters. The number of hydrogen-bond acceptors (Lipinski definition) is 4. The Morgan fingerprint density at radius 1 is 0.914 bits per heavy atom. The van der Waals surface area contributed by atoms with Crippen LogP contribution in [0.15, 0.2) is 112 Å². The maximum absolute atomic E-state index is 13.6.